The molecule has 1 aromatic carbocycles. The number of rotatable bonds is 4. The van der Waals surface area contributed by atoms with Crippen molar-refractivity contribution < 1.29 is 23.5 Å². The zero-order valence-corrected chi connectivity index (χ0v) is 10.8. The predicted molar refractivity (Wildman–Crippen MR) is 66.7 cm³/mol. The average Bonchev–Trinajstić information content (AvgIpc) is 2.65. The first-order chi connectivity index (χ1) is 9.02. The molecule has 1 aliphatic heterocycles. The van der Waals surface area contributed by atoms with Gasteiger partial charge in [-0.15, -0.1) is 11.8 Å². The van der Waals surface area contributed by atoms with E-state index in [9.17, 15) is 18.8 Å². The van der Waals surface area contributed by atoms with Crippen molar-refractivity contribution in [1.82, 2.24) is 0 Å². The molecule has 7 heteroatoms. The summed E-state index contributed by atoms with van der Waals surface area (Å²) in [7, 11) is 1.28. The fourth-order valence-corrected chi connectivity index (χ4v) is 2.49. The van der Waals surface area contributed by atoms with Crippen LogP contribution in [-0.4, -0.2) is 30.5 Å². The topological polar surface area (TPSA) is 72.5 Å². The molecule has 2 rings (SSSR count). The normalized spacial score (nSPS) is 13.2. The number of benzene rings is 1. The minimum absolute atomic E-state index is 0.0415. The second-order valence-corrected chi connectivity index (χ2v) is 4.92. The van der Waals surface area contributed by atoms with Gasteiger partial charge >= 0.3 is 5.97 Å². The van der Waals surface area contributed by atoms with Gasteiger partial charge in [-0.25, -0.2) is 4.39 Å². The van der Waals surface area contributed by atoms with E-state index < -0.39 is 17.5 Å². The number of thioether (sulfide) groups is 1. The van der Waals surface area contributed by atoms with Crippen LogP contribution in [0.5, 0.6) is 0 Å². The van der Waals surface area contributed by atoms with Crippen LogP contribution in [0.4, 0.5) is 10.1 Å². The van der Waals surface area contributed by atoms with E-state index >= 15 is 0 Å². The number of amides is 1. The molecule has 0 radical (unpaired) electrons. The van der Waals surface area contributed by atoms with E-state index in [1.165, 1.54) is 13.2 Å². The predicted octanol–water partition coefficient (Wildman–Crippen LogP) is 1.62. The van der Waals surface area contributed by atoms with Crippen molar-refractivity contribution in [3.05, 3.63) is 23.5 Å². The number of halogens is 1. The molecule has 1 aliphatic rings. The minimum atomic E-state index is -0.758. The van der Waals surface area contributed by atoms with E-state index in [2.05, 4.69) is 10.1 Å². The summed E-state index contributed by atoms with van der Waals surface area (Å²) in [4.78, 5) is 33.7. The number of hydrogen-bond acceptors (Lipinski definition) is 5. The van der Waals surface area contributed by atoms with E-state index in [4.69, 9.17) is 0 Å². The Kier molecular flexibility index (Phi) is 3.84. The first-order valence-corrected chi connectivity index (χ1v) is 6.40. The van der Waals surface area contributed by atoms with Crippen LogP contribution in [0.3, 0.4) is 0 Å². The largest absolute Gasteiger partial charge is 0.469 e. The smallest absolute Gasteiger partial charge is 0.306 e. The molecule has 0 bridgehead atoms. The Hall–Kier alpha value is -1.89. The Morgan fingerprint density at radius 3 is 2.84 bits per heavy atom. The zero-order chi connectivity index (χ0) is 14.0. The highest BCUT2D eigenvalue weighted by atomic mass is 32.2. The van der Waals surface area contributed by atoms with Crippen molar-refractivity contribution in [2.24, 2.45) is 0 Å². The zero-order valence-electron chi connectivity index (χ0n) is 9.99. The van der Waals surface area contributed by atoms with Crippen molar-refractivity contribution in [3.8, 4) is 0 Å². The number of hydrogen-bond donors (Lipinski definition) is 1. The lowest BCUT2D eigenvalue weighted by Gasteiger charge is -2.05. The molecule has 0 aromatic heterocycles. The van der Waals surface area contributed by atoms with E-state index in [1.54, 1.807) is 0 Å². The molecule has 0 saturated heterocycles. The van der Waals surface area contributed by atoms with Crippen LogP contribution < -0.4 is 5.32 Å². The van der Waals surface area contributed by atoms with E-state index in [1.807, 2.05) is 0 Å². The highest BCUT2D eigenvalue weighted by Gasteiger charge is 2.29. The van der Waals surface area contributed by atoms with Crippen LogP contribution in [0, 0.1) is 5.82 Å². The molecular weight excluding hydrogens is 273 g/mol. The number of ether oxygens (including phenoxy) is 1. The Morgan fingerprint density at radius 2 is 2.16 bits per heavy atom. The molecule has 1 aromatic rings. The number of Topliss-reactive ketones (excluding diaryl/α,β-unsaturated/α-hetero) is 1. The Bertz CT molecular complexity index is 573. The maximum Gasteiger partial charge on any atom is 0.306 e. The van der Waals surface area contributed by atoms with Gasteiger partial charge in [-0.3, -0.25) is 14.4 Å². The van der Waals surface area contributed by atoms with Gasteiger partial charge < -0.3 is 10.1 Å². The van der Waals surface area contributed by atoms with Gasteiger partial charge in [0.25, 0.3) is 11.7 Å². The fourth-order valence-electron chi connectivity index (χ4n) is 1.60. The summed E-state index contributed by atoms with van der Waals surface area (Å²) in [5, 5.41) is 2.37. The summed E-state index contributed by atoms with van der Waals surface area (Å²) in [5.74, 6) is -2.10. The summed E-state index contributed by atoms with van der Waals surface area (Å²) in [5.41, 5.74) is 0.344. The van der Waals surface area contributed by atoms with Crippen LogP contribution in [0.1, 0.15) is 16.8 Å². The number of fused-ring (bicyclic) bond motifs is 1. The molecule has 0 fully saturated rings. The molecular formula is C12H10FNO4S. The molecule has 0 unspecified atom stereocenters. The lowest BCUT2D eigenvalue weighted by Crippen LogP contribution is -2.12. The molecule has 1 N–H and O–H groups in total. The second kappa shape index (κ2) is 5.40. The first-order valence-electron chi connectivity index (χ1n) is 5.41. The van der Waals surface area contributed by atoms with Crippen molar-refractivity contribution in [1.29, 1.82) is 0 Å². The first kappa shape index (κ1) is 13.5. The molecule has 0 aliphatic carbocycles. The van der Waals surface area contributed by atoms with E-state index in [0.29, 0.717) is 11.4 Å². The number of esters is 1. The van der Waals surface area contributed by atoms with Crippen molar-refractivity contribution >= 4 is 35.1 Å². The molecule has 1 heterocycles. The van der Waals surface area contributed by atoms with Crippen LogP contribution in [-0.2, 0) is 14.3 Å². The highest BCUT2D eigenvalue weighted by Crippen LogP contribution is 2.31. The molecule has 0 saturated carbocycles. The number of carbonyl (C=O) groups is 3. The quantitative estimate of drug-likeness (QED) is 0.516. The number of methoxy groups -OCH3 is 1. The fraction of sp³-hybridized carbons (Fsp3) is 0.250. The number of anilines is 1. The standard InChI is InChI=1S/C12H10FNO4S/c1-18-10(15)2-3-19-9-5-8-6(4-7(9)13)11(16)12(17)14-8/h4-5H,2-3H2,1H3,(H,14,16,17). The van der Waals surface area contributed by atoms with Crippen molar-refractivity contribution in [2.75, 3.05) is 18.2 Å². The Balaban J connectivity index is 2.12. The van der Waals surface area contributed by atoms with Gasteiger partial charge in [-0.1, -0.05) is 0 Å². The van der Waals surface area contributed by atoms with Gasteiger partial charge in [-0.05, 0) is 12.1 Å². The van der Waals surface area contributed by atoms with Gasteiger partial charge in [0.2, 0.25) is 0 Å². The minimum Gasteiger partial charge on any atom is -0.469 e. The molecule has 5 nitrogen and oxygen atoms in total. The van der Waals surface area contributed by atoms with Gasteiger partial charge in [0.15, 0.2) is 0 Å². The van der Waals surface area contributed by atoms with Gasteiger partial charge in [0.1, 0.15) is 5.82 Å². The lowest BCUT2D eigenvalue weighted by molar-refractivity contribution is -0.140. The van der Waals surface area contributed by atoms with Crippen LogP contribution >= 0.6 is 11.8 Å². The third-order valence-corrected chi connectivity index (χ3v) is 3.59. The summed E-state index contributed by atoms with van der Waals surface area (Å²) >= 11 is 1.12. The monoisotopic (exact) mass is 283 g/mol. The van der Waals surface area contributed by atoms with Crippen LogP contribution in [0.2, 0.25) is 0 Å². The van der Waals surface area contributed by atoms with Crippen LogP contribution in [0.25, 0.3) is 0 Å². The number of nitrogens with one attached hydrogen (secondary N) is 1. The molecule has 1 amide bonds. The third-order valence-electron chi connectivity index (χ3n) is 2.56. The van der Waals surface area contributed by atoms with Crippen molar-refractivity contribution in [3.63, 3.8) is 0 Å². The second-order valence-electron chi connectivity index (χ2n) is 3.79. The SMILES string of the molecule is COC(=O)CCSc1cc2c(cc1F)C(=O)C(=O)N2. The maximum absolute atomic E-state index is 13.7. The lowest BCUT2D eigenvalue weighted by atomic mass is 10.1. The van der Waals surface area contributed by atoms with Crippen molar-refractivity contribution in [2.45, 2.75) is 11.3 Å². The average molecular weight is 283 g/mol. The number of carbonyl (C=O) groups excluding carboxylic acids is 3. The summed E-state index contributed by atoms with van der Waals surface area (Å²) < 4.78 is 18.2. The summed E-state index contributed by atoms with van der Waals surface area (Å²) in [6.07, 6.45) is 0.156. The van der Waals surface area contributed by atoms with Gasteiger partial charge in [-0.2, -0.15) is 0 Å². The Labute approximate surface area is 112 Å². The van der Waals surface area contributed by atoms with Gasteiger partial charge in [0, 0.05) is 10.6 Å². The van der Waals surface area contributed by atoms with Gasteiger partial charge in [0.05, 0.1) is 24.8 Å². The molecule has 0 spiro atoms. The van der Waals surface area contributed by atoms with Crippen LogP contribution in [0.15, 0.2) is 17.0 Å². The Morgan fingerprint density at radius 1 is 1.42 bits per heavy atom. The third kappa shape index (κ3) is 2.76. The maximum atomic E-state index is 13.7. The van der Waals surface area contributed by atoms with E-state index in [-0.39, 0.29) is 22.8 Å². The highest BCUT2D eigenvalue weighted by molar-refractivity contribution is 7.99. The van der Waals surface area contributed by atoms with E-state index in [0.717, 1.165) is 17.8 Å². The summed E-state index contributed by atoms with van der Waals surface area (Å²) in [6.45, 7) is 0. The summed E-state index contributed by atoms with van der Waals surface area (Å²) in [6, 6.07) is 2.44. The molecule has 19 heavy (non-hydrogen) atoms. The molecule has 100 valence electrons. The molecule has 0 atom stereocenters. The number of ketones is 1.